The van der Waals surface area contributed by atoms with Crippen molar-refractivity contribution in [2.24, 2.45) is 11.8 Å². The van der Waals surface area contributed by atoms with Crippen molar-refractivity contribution in [1.29, 1.82) is 0 Å². The number of pyridine rings is 1. The fraction of sp³-hybridized carbons (Fsp3) is 0.323. The van der Waals surface area contributed by atoms with Crippen LogP contribution in [-0.2, 0) is 6.18 Å². The van der Waals surface area contributed by atoms with E-state index in [2.05, 4.69) is 39.2 Å². The molecule has 0 unspecified atom stereocenters. The lowest BCUT2D eigenvalue weighted by molar-refractivity contribution is -0.143. The van der Waals surface area contributed by atoms with Gasteiger partial charge in [-0.2, -0.15) is 18.3 Å². The second-order valence-electron chi connectivity index (χ2n) is 10.8. The summed E-state index contributed by atoms with van der Waals surface area (Å²) in [6, 6.07) is 19.1. The smallest absolute Gasteiger partial charge is 0.434 e. The summed E-state index contributed by atoms with van der Waals surface area (Å²) < 4.78 is 42.0. The second kappa shape index (κ2) is 10.1. The number of nitrogens with zero attached hydrogens (tertiary/aromatic N) is 4. The van der Waals surface area contributed by atoms with Gasteiger partial charge in [0.15, 0.2) is 11.5 Å². The minimum absolute atomic E-state index is 0.116. The molecule has 0 bridgehead atoms. The Balaban J connectivity index is 1.32. The molecular weight excluding hydrogens is 517 g/mol. The third-order valence-electron chi connectivity index (χ3n) is 8.04. The van der Waals surface area contributed by atoms with E-state index in [-0.39, 0.29) is 5.82 Å². The molecule has 40 heavy (non-hydrogen) atoms. The van der Waals surface area contributed by atoms with Gasteiger partial charge in [0.05, 0.1) is 11.9 Å². The Morgan fingerprint density at radius 2 is 1.62 bits per heavy atom. The van der Waals surface area contributed by atoms with Crippen molar-refractivity contribution < 1.29 is 23.1 Å². The average Bonchev–Trinajstić information content (AvgIpc) is 3.69. The van der Waals surface area contributed by atoms with Gasteiger partial charge in [0.1, 0.15) is 5.56 Å². The summed E-state index contributed by atoms with van der Waals surface area (Å²) in [6.07, 6.45) is 1.06. The van der Waals surface area contributed by atoms with E-state index >= 15 is 0 Å². The van der Waals surface area contributed by atoms with Gasteiger partial charge < -0.3 is 10.0 Å². The van der Waals surface area contributed by atoms with Gasteiger partial charge in [-0.15, -0.1) is 0 Å². The molecule has 0 spiro atoms. The van der Waals surface area contributed by atoms with Gasteiger partial charge in [0, 0.05) is 24.3 Å². The third-order valence-corrected chi connectivity index (χ3v) is 8.04. The molecule has 1 saturated heterocycles. The Morgan fingerprint density at radius 1 is 0.925 bits per heavy atom. The van der Waals surface area contributed by atoms with Gasteiger partial charge >= 0.3 is 12.1 Å². The normalized spacial score (nSPS) is 16.4. The summed E-state index contributed by atoms with van der Waals surface area (Å²) in [5.74, 6) is 0.00361. The first-order chi connectivity index (χ1) is 19.2. The molecule has 9 heteroatoms. The van der Waals surface area contributed by atoms with E-state index in [1.54, 1.807) is 12.1 Å². The fourth-order valence-corrected chi connectivity index (χ4v) is 5.81. The van der Waals surface area contributed by atoms with E-state index < -0.39 is 23.4 Å². The van der Waals surface area contributed by atoms with E-state index in [1.807, 2.05) is 25.1 Å². The zero-order valence-electron chi connectivity index (χ0n) is 22.0. The number of hydrogen-bond acceptors (Lipinski definition) is 4. The van der Waals surface area contributed by atoms with Crippen molar-refractivity contribution in [1.82, 2.24) is 14.8 Å². The Kier molecular flexibility index (Phi) is 6.60. The third kappa shape index (κ3) is 5.08. The molecule has 2 aromatic heterocycles. The van der Waals surface area contributed by atoms with Crippen LogP contribution in [0.2, 0.25) is 0 Å². The number of hydrogen-bond donors (Lipinski definition) is 1. The molecule has 2 aromatic carbocycles. The minimum Gasteiger partial charge on any atom is -0.478 e. The number of carbonyl (C=O) groups is 1. The average molecular weight is 547 g/mol. The Morgan fingerprint density at radius 3 is 2.27 bits per heavy atom. The molecule has 4 aromatic rings. The number of halogens is 3. The zero-order valence-corrected chi connectivity index (χ0v) is 22.0. The summed E-state index contributed by atoms with van der Waals surface area (Å²) in [6.45, 7) is 4.09. The van der Waals surface area contributed by atoms with E-state index in [1.165, 1.54) is 37.4 Å². The summed E-state index contributed by atoms with van der Waals surface area (Å²) in [5, 5.41) is 13.0. The summed E-state index contributed by atoms with van der Waals surface area (Å²) in [7, 11) is 0. The first kappa shape index (κ1) is 26.1. The number of carboxylic acid groups (broad SMARTS) is 1. The van der Waals surface area contributed by atoms with E-state index in [9.17, 15) is 23.1 Å². The van der Waals surface area contributed by atoms with Crippen LogP contribution < -0.4 is 4.90 Å². The highest BCUT2D eigenvalue weighted by Gasteiger charge is 2.41. The number of aromatic nitrogens is 3. The SMILES string of the molecule is Cc1ccc(-c2ccc(N3CCC(C4CC4)CC3)cc2)c(-c2cccc(-n3ncc(C(=O)O)c3C(F)(F)F)n2)c1. The molecule has 1 saturated carbocycles. The standard InChI is InChI=1S/C31H29F3N4O2/c1-19-5-12-24(22-8-10-23(11-9-22)37-15-13-21(14-16-37)20-6-7-20)25(17-19)27-3-2-4-28(36-27)38-29(31(32,33)34)26(18-35-38)30(39)40/h2-5,8-12,17-18,20-21H,6-7,13-16H2,1H3,(H,39,40). The number of rotatable bonds is 6. The van der Waals surface area contributed by atoms with Crippen molar-refractivity contribution in [2.75, 3.05) is 18.0 Å². The maximum Gasteiger partial charge on any atom is 0.434 e. The highest BCUT2D eigenvalue weighted by atomic mass is 19.4. The summed E-state index contributed by atoms with van der Waals surface area (Å²) >= 11 is 0. The van der Waals surface area contributed by atoms with Crippen molar-refractivity contribution in [3.63, 3.8) is 0 Å². The largest absolute Gasteiger partial charge is 0.478 e. The van der Waals surface area contributed by atoms with Gasteiger partial charge in [-0.25, -0.2) is 14.5 Å². The molecule has 6 nitrogen and oxygen atoms in total. The number of carboxylic acids is 1. The molecule has 206 valence electrons. The van der Waals surface area contributed by atoms with Crippen molar-refractivity contribution in [3.8, 4) is 28.2 Å². The van der Waals surface area contributed by atoms with Gasteiger partial charge in [-0.3, -0.25) is 0 Å². The molecule has 1 N–H and O–H groups in total. The van der Waals surface area contributed by atoms with E-state index in [0.29, 0.717) is 16.6 Å². The van der Waals surface area contributed by atoms with Gasteiger partial charge in [0.25, 0.3) is 0 Å². The number of benzene rings is 2. The molecule has 6 rings (SSSR count). The van der Waals surface area contributed by atoms with Gasteiger partial charge in [-0.1, -0.05) is 35.9 Å². The number of anilines is 1. The lowest BCUT2D eigenvalue weighted by Crippen LogP contribution is -2.34. The van der Waals surface area contributed by atoms with Crippen molar-refractivity contribution in [2.45, 2.75) is 38.8 Å². The first-order valence-electron chi connectivity index (χ1n) is 13.5. The quantitative estimate of drug-likeness (QED) is 0.276. The maximum absolute atomic E-state index is 13.8. The molecule has 3 heterocycles. The molecule has 0 radical (unpaired) electrons. The highest BCUT2D eigenvalue weighted by Crippen LogP contribution is 2.42. The molecule has 1 aliphatic carbocycles. The second-order valence-corrected chi connectivity index (χ2v) is 10.8. The Bertz CT molecular complexity index is 1550. The van der Waals surface area contributed by atoms with Crippen LogP contribution in [0.4, 0.5) is 18.9 Å². The van der Waals surface area contributed by atoms with E-state index in [4.69, 9.17) is 0 Å². The van der Waals surface area contributed by atoms with Crippen LogP contribution in [0, 0.1) is 18.8 Å². The molecular formula is C31H29F3N4O2. The molecule has 2 aliphatic rings. The van der Waals surface area contributed by atoms with Crippen LogP contribution in [0.15, 0.2) is 66.9 Å². The predicted octanol–water partition coefficient (Wildman–Crippen LogP) is 7.25. The lowest BCUT2D eigenvalue weighted by Gasteiger charge is -2.33. The maximum atomic E-state index is 13.8. The minimum atomic E-state index is -4.93. The molecule has 0 atom stereocenters. The Hall–Kier alpha value is -4.14. The fourth-order valence-electron chi connectivity index (χ4n) is 5.81. The number of piperidine rings is 1. The van der Waals surface area contributed by atoms with Gasteiger partial charge in [-0.05, 0) is 85.9 Å². The van der Waals surface area contributed by atoms with Crippen LogP contribution in [0.1, 0.15) is 47.3 Å². The highest BCUT2D eigenvalue weighted by molar-refractivity contribution is 5.89. The van der Waals surface area contributed by atoms with Crippen molar-refractivity contribution >= 4 is 11.7 Å². The monoisotopic (exact) mass is 546 g/mol. The topological polar surface area (TPSA) is 71.2 Å². The molecule has 2 fully saturated rings. The molecule has 0 amide bonds. The number of alkyl halides is 3. The van der Waals surface area contributed by atoms with Crippen LogP contribution in [-0.4, -0.2) is 38.9 Å². The summed E-state index contributed by atoms with van der Waals surface area (Å²) in [4.78, 5) is 18.4. The Labute approximate surface area is 230 Å². The van der Waals surface area contributed by atoms with Crippen LogP contribution in [0.5, 0.6) is 0 Å². The van der Waals surface area contributed by atoms with Crippen molar-refractivity contribution in [3.05, 3.63) is 83.7 Å². The summed E-state index contributed by atoms with van der Waals surface area (Å²) in [5.41, 5.74) is 2.98. The number of aromatic carboxylic acids is 1. The van der Waals surface area contributed by atoms with Crippen LogP contribution >= 0.6 is 0 Å². The lowest BCUT2D eigenvalue weighted by atomic mass is 9.91. The number of aryl methyl sites for hydroxylation is 1. The first-order valence-corrected chi connectivity index (χ1v) is 13.5. The molecule has 1 aliphatic heterocycles. The van der Waals surface area contributed by atoms with E-state index in [0.717, 1.165) is 47.2 Å². The van der Waals surface area contributed by atoms with Gasteiger partial charge in [0.2, 0.25) is 0 Å². The van der Waals surface area contributed by atoms with Crippen LogP contribution in [0.25, 0.3) is 28.2 Å². The zero-order chi connectivity index (χ0) is 28.0. The predicted molar refractivity (Wildman–Crippen MR) is 147 cm³/mol. The van der Waals surface area contributed by atoms with Crippen LogP contribution in [0.3, 0.4) is 0 Å².